The molecule has 2 fully saturated rings. The average Bonchev–Trinajstić information content (AvgIpc) is 3.53. The van der Waals surface area contributed by atoms with Crippen molar-refractivity contribution < 1.29 is 0 Å². The first-order valence-electron chi connectivity index (χ1n) is 12.3. The van der Waals surface area contributed by atoms with Gasteiger partial charge in [-0.25, -0.2) is 14.3 Å². The van der Waals surface area contributed by atoms with E-state index in [-0.39, 0.29) is 11.7 Å². The van der Waals surface area contributed by atoms with Crippen LogP contribution < -0.4 is 5.69 Å². The van der Waals surface area contributed by atoms with Crippen LogP contribution in [-0.2, 0) is 0 Å². The molecule has 2 aliphatic rings. The third-order valence-electron chi connectivity index (χ3n) is 7.77. The number of hydrogen-bond donors (Lipinski definition) is 1. The van der Waals surface area contributed by atoms with Gasteiger partial charge in [0.1, 0.15) is 6.33 Å². The number of nitrogens with zero attached hydrogens (tertiary/aromatic N) is 5. The molecule has 0 amide bonds. The Hall–Kier alpha value is -2.93. The van der Waals surface area contributed by atoms with E-state index < -0.39 is 0 Å². The number of nitrogens with one attached hydrogen (secondary N) is 1. The number of pyridine rings is 1. The van der Waals surface area contributed by atoms with Crippen molar-refractivity contribution in [2.75, 3.05) is 19.6 Å². The number of fused-ring (bicyclic) bond motifs is 2. The van der Waals surface area contributed by atoms with Crippen molar-refractivity contribution in [1.82, 2.24) is 29.0 Å². The van der Waals surface area contributed by atoms with Crippen LogP contribution in [0.25, 0.3) is 27.8 Å². The third-order valence-corrected chi connectivity index (χ3v) is 7.77. The predicted octanol–water partition coefficient (Wildman–Crippen LogP) is 4.48. The van der Waals surface area contributed by atoms with Crippen LogP contribution in [0.5, 0.6) is 0 Å². The van der Waals surface area contributed by atoms with E-state index in [0.717, 1.165) is 70.8 Å². The van der Waals surface area contributed by atoms with Gasteiger partial charge in [-0.05, 0) is 86.9 Å². The topological polar surface area (TPSA) is 71.2 Å². The van der Waals surface area contributed by atoms with Crippen molar-refractivity contribution in [1.29, 1.82) is 0 Å². The van der Waals surface area contributed by atoms with Gasteiger partial charge in [0.2, 0.25) is 0 Å². The predicted molar refractivity (Wildman–Crippen MR) is 131 cm³/mol. The fourth-order valence-electron chi connectivity index (χ4n) is 6.16. The van der Waals surface area contributed by atoms with Gasteiger partial charge < -0.3 is 9.88 Å². The summed E-state index contributed by atoms with van der Waals surface area (Å²) in [6, 6.07) is 6.69. The Labute approximate surface area is 193 Å². The van der Waals surface area contributed by atoms with Crippen molar-refractivity contribution in [3.05, 3.63) is 52.3 Å². The van der Waals surface area contributed by atoms with E-state index >= 15 is 0 Å². The summed E-state index contributed by atoms with van der Waals surface area (Å²) in [5.74, 6) is 0.846. The second kappa shape index (κ2) is 8.13. The molecule has 0 spiro atoms. The second-order valence-corrected chi connectivity index (χ2v) is 10.1. The zero-order valence-electron chi connectivity index (χ0n) is 19.5. The molecule has 1 saturated carbocycles. The van der Waals surface area contributed by atoms with Crippen LogP contribution in [-0.4, -0.2) is 48.7 Å². The normalized spacial score (nSPS) is 20.4. The Morgan fingerprint density at radius 3 is 2.76 bits per heavy atom. The summed E-state index contributed by atoms with van der Waals surface area (Å²) < 4.78 is 3.85. The van der Waals surface area contributed by atoms with Crippen LogP contribution in [0.2, 0.25) is 0 Å². The molecule has 1 atom stereocenters. The maximum absolute atomic E-state index is 13.1. The van der Waals surface area contributed by atoms with Gasteiger partial charge in [-0.1, -0.05) is 12.8 Å². The smallest absolute Gasteiger partial charge is 0.306 e. The number of aromatic nitrogens is 5. The first-order chi connectivity index (χ1) is 16.1. The minimum Gasteiger partial charge on any atom is -0.306 e. The molecule has 3 aromatic heterocycles. The van der Waals surface area contributed by atoms with Gasteiger partial charge in [-0.3, -0.25) is 4.57 Å². The molecule has 4 aromatic rings. The summed E-state index contributed by atoms with van der Waals surface area (Å²) >= 11 is 0. The first-order valence-corrected chi connectivity index (χ1v) is 12.3. The number of rotatable bonds is 4. The molecule has 1 unspecified atom stereocenters. The standard InChI is InChI=1S/C26H32N6O/c1-17-11-24-23(12-22(17)20-10-18(2)25-27-16-28-31(25)14-20)29-26(33)32(24)21-8-5-9-30(15-21)13-19-6-3-4-7-19/h10-12,14,16,19,21H,3-9,13,15H2,1-2H3,(H,29,33). The van der Waals surface area contributed by atoms with Crippen molar-refractivity contribution in [2.24, 2.45) is 5.92 Å². The summed E-state index contributed by atoms with van der Waals surface area (Å²) in [6.07, 6.45) is 11.3. The monoisotopic (exact) mass is 444 g/mol. The fourth-order valence-corrected chi connectivity index (χ4v) is 6.16. The highest BCUT2D eigenvalue weighted by atomic mass is 16.1. The number of likely N-dealkylation sites (tertiary alicyclic amines) is 1. The highest BCUT2D eigenvalue weighted by Gasteiger charge is 2.27. The highest BCUT2D eigenvalue weighted by Crippen LogP contribution is 2.32. The van der Waals surface area contributed by atoms with Gasteiger partial charge in [0.25, 0.3) is 0 Å². The quantitative estimate of drug-likeness (QED) is 0.504. The minimum atomic E-state index is 0.0113. The molecular weight excluding hydrogens is 412 g/mol. The van der Waals surface area contributed by atoms with Crippen LogP contribution in [0.1, 0.15) is 55.7 Å². The zero-order valence-corrected chi connectivity index (χ0v) is 19.5. The van der Waals surface area contributed by atoms with Crippen LogP contribution in [0.3, 0.4) is 0 Å². The van der Waals surface area contributed by atoms with Gasteiger partial charge in [0, 0.05) is 24.8 Å². The fraction of sp³-hybridized carbons (Fsp3) is 0.500. The lowest BCUT2D eigenvalue weighted by atomic mass is 9.99. The van der Waals surface area contributed by atoms with Crippen molar-refractivity contribution in [3.63, 3.8) is 0 Å². The molecule has 0 bridgehead atoms. The lowest BCUT2D eigenvalue weighted by Crippen LogP contribution is -2.41. The molecule has 7 nitrogen and oxygen atoms in total. The zero-order chi connectivity index (χ0) is 22.5. The van der Waals surface area contributed by atoms with E-state index in [4.69, 9.17) is 0 Å². The largest absolute Gasteiger partial charge is 0.326 e. The first kappa shape index (κ1) is 20.7. The van der Waals surface area contributed by atoms with Gasteiger partial charge in [0.15, 0.2) is 5.65 Å². The summed E-state index contributed by atoms with van der Waals surface area (Å²) in [6.45, 7) is 7.52. The summed E-state index contributed by atoms with van der Waals surface area (Å²) in [7, 11) is 0. The van der Waals surface area contributed by atoms with E-state index in [2.05, 4.69) is 52.0 Å². The van der Waals surface area contributed by atoms with E-state index in [1.165, 1.54) is 32.2 Å². The Balaban J connectivity index is 1.35. The van der Waals surface area contributed by atoms with Crippen LogP contribution in [0.15, 0.2) is 35.5 Å². The summed E-state index contributed by atoms with van der Waals surface area (Å²) in [5.41, 5.74) is 7.25. The molecule has 4 heterocycles. The Morgan fingerprint density at radius 2 is 1.91 bits per heavy atom. The number of imidazole rings is 1. The van der Waals surface area contributed by atoms with E-state index in [1.54, 1.807) is 6.33 Å². The molecule has 33 heavy (non-hydrogen) atoms. The molecule has 1 aromatic carbocycles. The minimum absolute atomic E-state index is 0.0113. The molecule has 7 heteroatoms. The Morgan fingerprint density at radius 1 is 1.06 bits per heavy atom. The Bertz CT molecular complexity index is 1370. The van der Waals surface area contributed by atoms with E-state index in [0.29, 0.717) is 0 Å². The summed E-state index contributed by atoms with van der Waals surface area (Å²) in [5, 5.41) is 4.32. The van der Waals surface area contributed by atoms with Crippen LogP contribution >= 0.6 is 0 Å². The number of benzene rings is 1. The number of aryl methyl sites for hydroxylation is 2. The number of hydrogen-bond acceptors (Lipinski definition) is 4. The SMILES string of the molecule is Cc1cc2c(cc1-c1cc(C)c3ncnn3c1)[nH]c(=O)n2C1CCCN(CC2CCCC2)C1. The average molecular weight is 445 g/mol. The van der Waals surface area contributed by atoms with Gasteiger partial charge in [-0.2, -0.15) is 5.10 Å². The van der Waals surface area contributed by atoms with E-state index in [9.17, 15) is 4.79 Å². The molecule has 1 saturated heterocycles. The molecule has 1 N–H and O–H groups in total. The number of H-pyrrole nitrogens is 1. The molecule has 1 aliphatic heterocycles. The van der Waals surface area contributed by atoms with Gasteiger partial charge in [-0.15, -0.1) is 0 Å². The molecule has 1 aliphatic carbocycles. The lowest BCUT2D eigenvalue weighted by Gasteiger charge is -2.34. The van der Waals surface area contributed by atoms with E-state index in [1.807, 2.05) is 15.3 Å². The van der Waals surface area contributed by atoms with Crippen molar-refractivity contribution >= 4 is 16.7 Å². The second-order valence-electron chi connectivity index (χ2n) is 10.1. The van der Waals surface area contributed by atoms with Gasteiger partial charge in [0.05, 0.1) is 17.1 Å². The van der Waals surface area contributed by atoms with Crippen molar-refractivity contribution in [2.45, 2.75) is 58.4 Å². The third kappa shape index (κ3) is 3.68. The Kier molecular flexibility index (Phi) is 5.09. The number of piperidine rings is 1. The van der Waals surface area contributed by atoms with Gasteiger partial charge >= 0.3 is 5.69 Å². The molecule has 172 valence electrons. The molecule has 6 rings (SSSR count). The maximum atomic E-state index is 13.1. The lowest BCUT2D eigenvalue weighted by molar-refractivity contribution is 0.155. The molecular formula is C26H32N6O. The summed E-state index contributed by atoms with van der Waals surface area (Å²) in [4.78, 5) is 23.2. The van der Waals surface area contributed by atoms with Crippen LogP contribution in [0, 0.1) is 19.8 Å². The number of aromatic amines is 1. The maximum Gasteiger partial charge on any atom is 0.326 e. The van der Waals surface area contributed by atoms with Crippen molar-refractivity contribution in [3.8, 4) is 11.1 Å². The molecule has 0 radical (unpaired) electrons. The highest BCUT2D eigenvalue weighted by molar-refractivity contribution is 5.84. The van der Waals surface area contributed by atoms with Crippen LogP contribution in [0.4, 0.5) is 0 Å².